The molecule has 0 aliphatic carbocycles. The van der Waals surface area contributed by atoms with E-state index in [1.54, 1.807) is 11.9 Å². The van der Waals surface area contributed by atoms with Crippen LogP contribution in [0.4, 0.5) is 0 Å². The molecule has 0 bridgehead atoms. The van der Waals surface area contributed by atoms with Crippen molar-refractivity contribution < 1.29 is 13.2 Å². The van der Waals surface area contributed by atoms with Gasteiger partial charge in [0.15, 0.2) is 9.84 Å². The molecule has 1 aromatic carbocycles. The highest BCUT2D eigenvalue weighted by Gasteiger charge is 2.32. The van der Waals surface area contributed by atoms with Crippen molar-refractivity contribution in [1.29, 1.82) is 0 Å². The molecule has 1 aliphatic heterocycles. The maximum Gasteiger partial charge on any atom is 0.223 e. The predicted octanol–water partition coefficient (Wildman–Crippen LogP) is 1.83. The van der Waals surface area contributed by atoms with E-state index in [-0.39, 0.29) is 29.4 Å². The fourth-order valence-electron chi connectivity index (χ4n) is 2.59. The van der Waals surface area contributed by atoms with Gasteiger partial charge in [0.2, 0.25) is 5.91 Å². The summed E-state index contributed by atoms with van der Waals surface area (Å²) in [7, 11) is -1.23. The number of carbonyl (C=O) groups is 1. The summed E-state index contributed by atoms with van der Waals surface area (Å²) in [4.78, 5) is 13.9. The summed E-state index contributed by atoms with van der Waals surface area (Å²) in [6.45, 7) is 2.02. The van der Waals surface area contributed by atoms with Crippen LogP contribution in [0.15, 0.2) is 30.3 Å². The lowest BCUT2D eigenvalue weighted by atomic mass is 9.97. The van der Waals surface area contributed by atoms with Gasteiger partial charge in [-0.25, -0.2) is 8.42 Å². The van der Waals surface area contributed by atoms with Gasteiger partial charge in [0.25, 0.3) is 0 Å². The van der Waals surface area contributed by atoms with Crippen molar-refractivity contribution in [3.05, 3.63) is 35.9 Å². The SMILES string of the molecule is CC(CC(=O)N(C)C1CCS(=O)(=O)C1)c1ccccc1. The maximum atomic E-state index is 12.3. The van der Waals surface area contributed by atoms with Crippen LogP contribution < -0.4 is 0 Å². The van der Waals surface area contributed by atoms with E-state index in [2.05, 4.69) is 0 Å². The second-order valence-corrected chi connectivity index (χ2v) is 7.81. The topological polar surface area (TPSA) is 54.5 Å². The first-order valence-electron chi connectivity index (χ1n) is 6.90. The minimum atomic E-state index is -2.95. The van der Waals surface area contributed by atoms with Gasteiger partial charge in [-0.15, -0.1) is 0 Å². The molecule has 1 amide bonds. The second kappa shape index (κ2) is 5.95. The van der Waals surface area contributed by atoms with E-state index in [1.807, 2.05) is 37.3 Å². The number of hydrogen-bond acceptors (Lipinski definition) is 3. The molecule has 2 rings (SSSR count). The van der Waals surface area contributed by atoms with Crippen molar-refractivity contribution in [3.63, 3.8) is 0 Å². The molecule has 1 aliphatic rings. The number of carbonyl (C=O) groups excluding carboxylic acids is 1. The summed E-state index contributed by atoms with van der Waals surface area (Å²) in [6, 6.07) is 9.74. The van der Waals surface area contributed by atoms with Gasteiger partial charge >= 0.3 is 0 Å². The lowest BCUT2D eigenvalue weighted by Crippen LogP contribution is -2.38. The van der Waals surface area contributed by atoms with Crippen molar-refractivity contribution in [2.45, 2.75) is 31.7 Å². The normalized spacial score (nSPS) is 22.4. The first kappa shape index (κ1) is 15.0. The molecule has 1 saturated heterocycles. The van der Waals surface area contributed by atoms with Gasteiger partial charge in [-0.1, -0.05) is 37.3 Å². The lowest BCUT2D eigenvalue weighted by molar-refractivity contribution is -0.131. The third kappa shape index (κ3) is 3.60. The number of amides is 1. The molecule has 1 heterocycles. The van der Waals surface area contributed by atoms with Gasteiger partial charge in [-0.3, -0.25) is 4.79 Å². The van der Waals surface area contributed by atoms with E-state index in [4.69, 9.17) is 0 Å². The second-order valence-electron chi connectivity index (χ2n) is 5.58. The van der Waals surface area contributed by atoms with Gasteiger partial charge in [-0.05, 0) is 17.9 Å². The Balaban J connectivity index is 1.95. The Morgan fingerprint density at radius 3 is 2.55 bits per heavy atom. The standard InChI is InChI=1S/C15H21NO3S/c1-12(13-6-4-3-5-7-13)10-15(17)16(2)14-8-9-20(18,19)11-14/h3-7,12,14H,8-11H2,1-2H3. The molecule has 5 heteroatoms. The molecule has 20 heavy (non-hydrogen) atoms. The van der Waals surface area contributed by atoms with Crippen molar-refractivity contribution in [2.75, 3.05) is 18.6 Å². The average Bonchev–Trinajstić information content (AvgIpc) is 2.79. The first-order valence-corrected chi connectivity index (χ1v) is 8.72. The van der Waals surface area contributed by atoms with E-state index in [0.717, 1.165) is 5.56 Å². The fourth-order valence-corrected chi connectivity index (χ4v) is 4.36. The number of rotatable bonds is 4. The van der Waals surface area contributed by atoms with Gasteiger partial charge < -0.3 is 4.90 Å². The van der Waals surface area contributed by atoms with Crippen LogP contribution in [0.5, 0.6) is 0 Å². The minimum Gasteiger partial charge on any atom is -0.342 e. The average molecular weight is 295 g/mol. The molecule has 110 valence electrons. The van der Waals surface area contributed by atoms with Gasteiger partial charge in [-0.2, -0.15) is 0 Å². The fraction of sp³-hybridized carbons (Fsp3) is 0.533. The Bertz CT molecular complexity index is 568. The van der Waals surface area contributed by atoms with Crippen LogP contribution in [0, 0.1) is 0 Å². The Kier molecular flexibility index (Phi) is 4.48. The van der Waals surface area contributed by atoms with E-state index in [0.29, 0.717) is 12.8 Å². The predicted molar refractivity (Wildman–Crippen MR) is 79.3 cm³/mol. The van der Waals surface area contributed by atoms with Crippen LogP contribution in [-0.2, 0) is 14.6 Å². The molecule has 1 aromatic rings. The van der Waals surface area contributed by atoms with E-state index in [1.165, 1.54) is 0 Å². The zero-order valence-corrected chi connectivity index (χ0v) is 12.8. The smallest absolute Gasteiger partial charge is 0.223 e. The third-order valence-electron chi connectivity index (χ3n) is 4.00. The van der Waals surface area contributed by atoms with Crippen LogP contribution in [0.2, 0.25) is 0 Å². The Morgan fingerprint density at radius 1 is 1.35 bits per heavy atom. The molecule has 0 saturated carbocycles. The molecule has 2 atom stereocenters. The van der Waals surface area contributed by atoms with Crippen LogP contribution >= 0.6 is 0 Å². The highest BCUT2D eigenvalue weighted by Crippen LogP contribution is 2.22. The quantitative estimate of drug-likeness (QED) is 0.851. The minimum absolute atomic E-state index is 0.0171. The Morgan fingerprint density at radius 2 is 2.00 bits per heavy atom. The Hall–Kier alpha value is -1.36. The number of nitrogens with zero attached hydrogens (tertiary/aromatic N) is 1. The summed E-state index contributed by atoms with van der Waals surface area (Å²) < 4.78 is 22.9. The highest BCUT2D eigenvalue weighted by molar-refractivity contribution is 7.91. The van der Waals surface area contributed by atoms with Crippen LogP contribution in [0.1, 0.15) is 31.2 Å². The molecule has 2 unspecified atom stereocenters. The molecule has 0 radical (unpaired) electrons. The van der Waals surface area contributed by atoms with E-state index < -0.39 is 9.84 Å². The van der Waals surface area contributed by atoms with E-state index >= 15 is 0 Å². The number of benzene rings is 1. The molecule has 0 aromatic heterocycles. The Labute approximate surface area is 120 Å². The third-order valence-corrected chi connectivity index (χ3v) is 5.75. The largest absolute Gasteiger partial charge is 0.342 e. The molecule has 4 nitrogen and oxygen atoms in total. The van der Waals surface area contributed by atoms with Gasteiger partial charge in [0.05, 0.1) is 11.5 Å². The van der Waals surface area contributed by atoms with Crippen LogP contribution in [0.25, 0.3) is 0 Å². The number of hydrogen-bond donors (Lipinski definition) is 0. The van der Waals surface area contributed by atoms with Crippen molar-refractivity contribution in [2.24, 2.45) is 0 Å². The van der Waals surface area contributed by atoms with Crippen LogP contribution in [-0.4, -0.2) is 43.8 Å². The summed E-state index contributed by atoms with van der Waals surface area (Å²) in [5.41, 5.74) is 1.13. The summed E-state index contributed by atoms with van der Waals surface area (Å²) in [5.74, 6) is 0.464. The first-order chi connectivity index (χ1) is 9.39. The summed E-state index contributed by atoms with van der Waals surface area (Å²) in [5, 5.41) is 0. The van der Waals surface area contributed by atoms with Gasteiger partial charge in [0, 0.05) is 19.5 Å². The molecule has 1 fully saturated rings. The van der Waals surface area contributed by atoms with E-state index in [9.17, 15) is 13.2 Å². The monoisotopic (exact) mass is 295 g/mol. The molecule has 0 spiro atoms. The van der Waals surface area contributed by atoms with Crippen molar-refractivity contribution in [3.8, 4) is 0 Å². The van der Waals surface area contributed by atoms with Crippen molar-refractivity contribution in [1.82, 2.24) is 4.90 Å². The van der Waals surface area contributed by atoms with Crippen LogP contribution in [0.3, 0.4) is 0 Å². The summed E-state index contributed by atoms with van der Waals surface area (Å²) in [6.07, 6.45) is 0.974. The highest BCUT2D eigenvalue weighted by atomic mass is 32.2. The van der Waals surface area contributed by atoms with Gasteiger partial charge in [0.1, 0.15) is 0 Å². The zero-order valence-electron chi connectivity index (χ0n) is 12.0. The lowest BCUT2D eigenvalue weighted by Gasteiger charge is -2.25. The summed E-state index contributed by atoms with van der Waals surface area (Å²) >= 11 is 0. The zero-order chi connectivity index (χ0) is 14.8. The number of sulfone groups is 1. The molecule has 0 N–H and O–H groups in total. The molecular formula is C15H21NO3S. The van der Waals surface area contributed by atoms with Crippen molar-refractivity contribution >= 4 is 15.7 Å². The molecular weight excluding hydrogens is 274 g/mol. The maximum absolute atomic E-state index is 12.3.